The van der Waals surface area contributed by atoms with Crippen molar-refractivity contribution in [2.45, 2.75) is 65.3 Å². The molecule has 0 saturated carbocycles. The Morgan fingerprint density at radius 1 is 1.12 bits per heavy atom. The highest BCUT2D eigenvalue weighted by Gasteiger charge is 2.45. The number of nitrogen functional groups attached to an aromatic ring is 1. The number of aromatic nitrogens is 1. The van der Waals surface area contributed by atoms with Crippen molar-refractivity contribution in [3.63, 3.8) is 0 Å². The molecule has 1 aliphatic heterocycles. The summed E-state index contributed by atoms with van der Waals surface area (Å²) >= 11 is 1.58. The molecule has 2 unspecified atom stereocenters. The van der Waals surface area contributed by atoms with Gasteiger partial charge in [0, 0.05) is 24.0 Å². The maximum absolute atomic E-state index is 13.9. The summed E-state index contributed by atoms with van der Waals surface area (Å²) in [7, 11) is 0. The molecule has 0 aliphatic carbocycles. The number of nitrogens with zero attached hydrogens (tertiary/aromatic N) is 2. The zero-order chi connectivity index (χ0) is 31.1. The molecule has 1 saturated heterocycles. The molecule has 2 aromatic carbocycles. The van der Waals surface area contributed by atoms with Gasteiger partial charge in [-0.3, -0.25) is 14.4 Å². The maximum Gasteiger partial charge on any atom is 0.287 e. The summed E-state index contributed by atoms with van der Waals surface area (Å²) in [6, 6.07) is 12.4. The molecular weight excluding hydrogens is 566 g/mol. The Labute approximate surface area is 254 Å². The van der Waals surface area contributed by atoms with Gasteiger partial charge >= 0.3 is 0 Å². The monoisotopic (exact) mass is 603 g/mol. The number of furan rings is 1. The smallest absolute Gasteiger partial charge is 0.287 e. The first kappa shape index (κ1) is 30.2. The summed E-state index contributed by atoms with van der Waals surface area (Å²) in [6.45, 7) is 9.32. The number of β-amino-alcohol motifs (C(OH)–C–C–N with tert-alkyl or cyclic N) is 1. The summed E-state index contributed by atoms with van der Waals surface area (Å²) in [4.78, 5) is 47.5. The van der Waals surface area contributed by atoms with Gasteiger partial charge < -0.3 is 30.8 Å². The molecular formula is C32H37N5O5S. The Bertz CT molecular complexity index is 1650. The molecule has 5 rings (SSSR count). The van der Waals surface area contributed by atoms with E-state index < -0.39 is 35.4 Å². The Balaban J connectivity index is 1.30. The number of likely N-dealkylation sites (tertiary alicyclic amines) is 1. The molecule has 1 aliphatic rings. The Kier molecular flexibility index (Phi) is 8.31. The van der Waals surface area contributed by atoms with Crippen molar-refractivity contribution in [2.75, 3.05) is 12.3 Å². The fourth-order valence-electron chi connectivity index (χ4n) is 5.39. The van der Waals surface area contributed by atoms with Gasteiger partial charge in [-0.25, -0.2) is 4.98 Å². The minimum absolute atomic E-state index is 0.0133. The van der Waals surface area contributed by atoms with Crippen molar-refractivity contribution in [1.29, 1.82) is 0 Å². The first-order valence-electron chi connectivity index (χ1n) is 14.2. The van der Waals surface area contributed by atoms with Gasteiger partial charge in [0.1, 0.15) is 17.7 Å². The summed E-state index contributed by atoms with van der Waals surface area (Å²) < 4.78 is 5.70. The molecule has 5 N–H and O–H groups in total. The van der Waals surface area contributed by atoms with Gasteiger partial charge in [-0.2, -0.15) is 0 Å². The SMILES string of the molecule is Cc1ncsc1-c1ccc(C(C)NC(=O)[C@@H]2C[C@@H](O)CN2C(=O)C(NC(=O)c2cc3cc(N)ccc3o2)C(C)(C)C)cc1. The van der Waals surface area contributed by atoms with Crippen LogP contribution >= 0.6 is 11.3 Å². The van der Waals surface area contributed by atoms with Gasteiger partial charge in [0.2, 0.25) is 11.8 Å². The van der Waals surface area contributed by atoms with E-state index >= 15 is 0 Å². The van der Waals surface area contributed by atoms with Gasteiger partial charge in [0.25, 0.3) is 5.91 Å². The van der Waals surface area contributed by atoms with Crippen LogP contribution in [0, 0.1) is 12.3 Å². The predicted molar refractivity (Wildman–Crippen MR) is 166 cm³/mol. The highest BCUT2D eigenvalue weighted by atomic mass is 32.1. The molecule has 4 aromatic rings. The summed E-state index contributed by atoms with van der Waals surface area (Å²) in [5.41, 5.74) is 10.9. The van der Waals surface area contributed by atoms with E-state index in [4.69, 9.17) is 10.2 Å². The minimum Gasteiger partial charge on any atom is -0.451 e. The third kappa shape index (κ3) is 6.42. The van der Waals surface area contributed by atoms with Crippen molar-refractivity contribution in [3.05, 3.63) is 71.1 Å². The number of hydrogen-bond acceptors (Lipinski definition) is 8. The zero-order valence-corrected chi connectivity index (χ0v) is 25.7. The predicted octanol–water partition coefficient (Wildman–Crippen LogP) is 4.43. The Morgan fingerprint density at radius 2 is 1.84 bits per heavy atom. The number of aryl methyl sites for hydroxylation is 1. The van der Waals surface area contributed by atoms with Crippen LogP contribution in [-0.4, -0.2) is 57.4 Å². The van der Waals surface area contributed by atoms with Gasteiger partial charge in [-0.15, -0.1) is 11.3 Å². The van der Waals surface area contributed by atoms with Crippen LogP contribution in [0.25, 0.3) is 21.4 Å². The molecule has 3 amide bonds. The number of carbonyl (C=O) groups excluding carboxylic acids is 3. The number of aliphatic hydroxyl groups excluding tert-OH is 1. The fourth-order valence-corrected chi connectivity index (χ4v) is 6.20. The molecule has 226 valence electrons. The van der Waals surface area contributed by atoms with Crippen LogP contribution in [0.5, 0.6) is 0 Å². The standard InChI is InChI=1S/C32H37N5O5S/c1-17(19-6-8-20(9-7-19)27-18(2)34-16-43-27)35-29(39)24-14-23(38)15-37(24)31(41)28(32(3,4)5)36-30(40)26-13-21-12-22(33)10-11-25(21)42-26/h6-13,16-17,23-24,28,38H,14-15,33H2,1-5H3,(H,35,39)(H,36,40)/t17?,23-,24+,28?/m1/s1. The van der Waals surface area contributed by atoms with E-state index in [9.17, 15) is 19.5 Å². The average molecular weight is 604 g/mol. The van der Waals surface area contributed by atoms with Gasteiger partial charge in [-0.1, -0.05) is 45.0 Å². The van der Waals surface area contributed by atoms with Crippen molar-refractivity contribution in [1.82, 2.24) is 20.5 Å². The number of benzene rings is 2. The van der Waals surface area contributed by atoms with Crippen molar-refractivity contribution < 1.29 is 23.9 Å². The first-order chi connectivity index (χ1) is 20.3. The summed E-state index contributed by atoms with van der Waals surface area (Å²) in [6.07, 6.45) is -0.766. The van der Waals surface area contributed by atoms with Gasteiger partial charge in [0.15, 0.2) is 5.76 Å². The van der Waals surface area contributed by atoms with Crippen LogP contribution in [0.1, 0.15) is 62.0 Å². The number of amides is 3. The van der Waals surface area contributed by atoms with Crippen LogP contribution in [0.15, 0.2) is 58.5 Å². The number of thiazole rings is 1. The minimum atomic E-state index is -0.987. The number of anilines is 1. The van der Waals surface area contributed by atoms with E-state index in [-0.39, 0.29) is 30.7 Å². The average Bonchev–Trinajstić information content (AvgIpc) is 3.68. The Morgan fingerprint density at radius 3 is 2.49 bits per heavy atom. The lowest BCUT2D eigenvalue weighted by Crippen LogP contribution is -2.57. The van der Waals surface area contributed by atoms with Crippen molar-refractivity contribution in [2.24, 2.45) is 5.41 Å². The molecule has 2 aromatic heterocycles. The van der Waals surface area contributed by atoms with E-state index in [1.165, 1.54) is 4.90 Å². The number of carbonyl (C=O) groups is 3. The van der Waals surface area contributed by atoms with E-state index in [1.54, 1.807) is 35.6 Å². The number of nitrogens with two attached hydrogens (primary N) is 1. The highest BCUT2D eigenvalue weighted by Crippen LogP contribution is 2.30. The van der Waals surface area contributed by atoms with Crippen LogP contribution in [0.2, 0.25) is 0 Å². The molecule has 11 heteroatoms. The van der Waals surface area contributed by atoms with Crippen molar-refractivity contribution in [3.8, 4) is 10.4 Å². The summed E-state index contributed by atoms with van der Waals surface area (Å²) in [5, 5.41) is 17.0. The number of nitrogens with one attached hydrogen (secondary N) is 2. The third-order valence-corrected chi connectivity index (χ3v) is 8.77. The molecule has 0 radical (unpaired) electrons. The van der Waals surface area contributed by atoms with Crippen LogP contribution in [0.4, 0.5) is 5.69 Å². The lowest BCUT2D eigenvalue weighted by atomic mass is 9.85. The highest BCUT2D eigenvalue weighted by molar-refractivity contribution is 7.13. The molecule has 0 bridgehead atoms. The van der Waals surface area contributed by atoms with Crippen LogP contribution < -0.4 is 16.4 Å². The third-order valence-electron chi connectivity index (χ3n) is 7.79. The fraction of sp³-hybridized carbons (Fsp3) is 0.375. The zero-order valence-electron chi connectivity index (χ0n) is 24.9. The van der Waals surface area contributed by atoms with E-state index in [0.29, 0.717) is 16.7 Å². The van der Waals surface area contributed by atoms with E-state index in [1.807, 2.05) is 64.4 Å². The second-order valence-electron chi connectivity index (χ2n) is 12.2. The Hall–Kier alpha value is -4.22. The molecule has 0 spiro atoms. The van der Waals surface area contributed by atoms with Crippen molar-refractivity contribution >= 4 is 45.7 Å². The second kappa shape index (κ2) is 11.8. The molecule has 3 heterocycles. The first-order valence-corrected chi connectivity index (χ1v) is 15.1. The second-order valence-corrected chi connectivity index (χ2v) is 13.1. The lowest BCUT2D eigenvalue weighted by molar-refractivity contribution is -0.142. The summed E-state index contributed by atoms with van der Waals surface area (Å²) in [5.74, 6) is -1.33. The molecule has 4 atom stereocenters. The molecule has 43 heavy (non-hydrogen) atoms. The number of hydrogen-bond donors (Lipinski definition) is 4. The largest absolute Gasteiger partial charge is 0.451 e. The topological polar surface area (TPSA) is 151 Å². The van der Waals surface area contributed by atoms with E-state index in [2.05, 4.69) is 15.6 Å². The van der Waals surface area contributed by atoms with Gasteiger partial charge in [0.05, 0.1) is 28.2 Å². The normalized spacial score (nSPS) is 18.4. The number of aliphatic hydroxyl groups is 1. The van der Waals surface area contributed by atoms with E-state index in [0.717, 1.165) is 21.7 Å². The number of rotatable bonds is 7. The van der Waals surface area contributed by atoms with Crippen LogP contribution in [-0.2, 0) is 9.59 Å². The lowest BCUT2D eigenvalue weighted by Gasteiger charge is -2.35. The number of fused-ring (bicyclic) bond motifs is 1. The molecule has 1 fully saturated rings. The quantitative estimate of drug-likeness (QED) is 0.228. The van der Waals surface area contributed by atoms with Gasteiger partial charge in [-0.05, 0) is 54.7 Å². The maximum atomic E-state index is 13.9. The van der Waals surface area contributed by atoms with Crippen LogP contribution in [0.3, 0.4) is 0 Å². The molecule has 10 nitrogen and oxygen atoms in total.